The van der Waals surface area contributed by atoms with E-state index >= 15 is 0 Å². The van der Waals surface area contributed by atoms with Gasteiger partial charge in [0.25, 0.3) is 5.91 Å². The molecule has 1 aliphatic rings. The van der Waals surface area contributed by atoms with Crippen LogP contribution in [0.25, 0.3) is 0 Å². The summed E-state index contributed by atoms with van der Waals surface area (Å²) in [6.45, 7) is 1.65. The minimum absolute atomic E-state index is 0.267. The average Bonchev–Trinajstić information content (AvgIpc) is 2.40. The number of nitrogens with one attached hydrogen (secondary N) is 1. The molecule has 4 nitrogen and oxygen atoms in total. The lowest BCUT2D eigenvalue weighted by Gasteiger charge is -2.40. The monoisotopic (exact) mass is 345 g/mol. The van der Waals surface area contributed by atoms with Crippen molar-refractivity contribution in [3.05, 3.63) is 33.8 Å². The van der Waals surface area contributed by atoms with Gasteiger partial charge in [-0.2, -0.15) is 0 Å². The first-order chi connectivity index (χ1) is 9.82. The van der Waals surface area contributed by atoms with Gasteiger partial charge in [0.2, 0.25) is 0 Å². The van der Waals surface area contributed by atoms with Gasteiger partial charge in [-0.3, -0.25) is 4.79 Å². The maximum atomic E-state index is 12.5. The zero-order valence-corrected chi connectivity index (χ0v) is 14.0. The van der Waals surface area contributed by atoms with Gasteiger partial charge in [-0.15, -0.1) is 0 Å². The minimum atomic E-state index is -0.645. The van der Waals surface area contributed by atoms with Gasteiger partial charge in [0.05, 0.1) is 10.5 Å². The van der Waals surface area contributed by atoms with Crippen LogP contribution in [-0.2, 0) is 0 Å². The summed E-state index contributed by atoms with van der Waals surface area (Å²) in [6.07, 6.45) is 1.39. The van der Waals surface area contributed by atoms with Crippen LogP contribution in [0.3, 0.4) is 0 Å². The number of amides is 1. The molecule has 0 aromatic heterocycles. The molecule has 0 unspecified atom stereocenters. The van der Waals surface area contributed by atoms with E-state index in [4.69, 9.17) is 41.2 Å². The molecule has 7 heteroatoms. The molecule has 1 amide bonds. The number of nitrogens with two attached hydrogens (primary N) is 1. The number of rotatable bonds is 3. The first-order valence-electron chi connectivity index (χ1n) is 6.59. The van der Waals surface area contributed by atoms with Crippen LogP contribution in [0.4, 0.5) is 0 Å². The van der Waals surface area contributed by atoms with Crippen molar-refractivity contribution in [3.8, 4) is 0 Å². The molecular formula is C14H17Cl2N3OS. The van der Waals surface area contributed by atoms with Gasteiger partial charge in [0, 0.05) is 28.7 Å². The van der Waals surface area contributed by atoms with E-state index in [9.17, 15) is 4.79 Å². The molecule has 1 heterocycles. The van der Waals surface area contributed by atoms with Crippen molar-refractivity contribution in [1.29, 1.82) is 0 Å². The fourth-order valence-electron chi connectivity index (χ4n) is 2.41. The lowest BCUT2D eigenvalue weighted by molar-refractivity contribution is 0.0890. The van der Waals surface area contributed by atoms with Crippen LogP contribution < -0.4 is 11.1 Å². The molecule has 3 N–H and O–H groups in total. The third-order valence-corrected chi connectivity index (χ3v) is 4.62. The maximum Gasteiger partial charge on any atom is 0.252 e. The van der Waals surface area contributed by atoms with E-state index in [2.05, 4.69) is 10.2 Å². The van der Waals surface area contributed by atoms with Crippen LogP contribution in [0.15, 0.2) is 18.2 Å². The van der Waals surface area contributed by atoms with Crippen LogP contribution in [0.1, 0.15) is 23.2 Å². The number of nitrogens with zero attached hydrogens (tertiary/aromatic N) is 1. The number of carbonyl (C=O) groups excluding carboxylic acids is 1. The zero-order valence-electron chi connectivity index (χ0n) is 11.7. The van der Waals surface area contributed by atoms with Crippen LogP contribution in [-0.4, -0.2) is 41.5 Å². The zero-order chi connectivity index (χ0) is 15.6. The summed E-state index contributed by atoms with van der Waals surface area (Å²) in [4.78, 5) is 14.9. The van der Waals surface area contributed by atoms with Crippen LogP contribution in [0, 0.1) is 0 Å². The van der Waals surface area contributed by atoms with Crippen molar-refractivity contribution in [2.24, 2.45) is 5.73 Å². The standard InChI is InChI=1S/C14H17Cl2N3OS/c1-19-4-2-14(3-5-19,13(17)21)18-12(20)9-6-10(15)8-11(16)7-9/h6-8H,2-5H2,1H3,(H2,17,21)(H,18,20). The second-order valence-corrected chi connectivity index (χ2v) is 6.67. The number of hydrogen-bond donors (Lipinski definition) is 2. The predicted octanol–water partition coefficient (Wildman–Crippen LogP) is 2.47. The van der Waals surface area contributed by atoms with Gasteiger partial charge >= 0.3 is 0 Å². The summed E-state index contributed by atoms with van der Waals surface area (Å²) in [6, 6.07) is 4.73. The topological polar surface area (TPSA) is 58.4 Å². The third-order valence-electron chi connectivity index (χ3n) is 3.79. The smallest absolute Gasteiger partial charge is 0.252 e. The van der Waals surface area contributed by atoms with Crippen LogP contribution >= 0.6 is 35.4 Å². The van der Waals surface area contributed by atoms with Crippen molar-refractivity contribution in [2.75, 3.05) is 20.1 Å². The largest absolute Gasteiger partial charge is 0.391 e. The Morgan fingerprint density at radius 2 is 1.81 bits per heavy atom. The molecule has 21 heavy (non-hydrogen) atoms. The Kier molecular flexibility index (Phi) is 5.09. The number of piperidine rings is 1. The SMILES string of the molecule is CN1CCC(NC(=O)c2cc(Cl)cc(Cl)c2)(C(N)=S)CC1. The summed E-state index contributed by atoms with van der Waals surface area (Å²) in [7, 11) is 2.03. The van der Waals surface area contributed by atoms with E-state index in [0.29, 0.717) is 33.4 Å². The van der Waals surface area contributed by atoms with E-state index in [1.807, 2.05) is 7.05 Å². The van der Waals surface area contributed by atoms with E-state index in [-0.39, 0.29) is 5.91 Å². The predicted molar refractivity (Wildman–Crippen MR) is 90.2 cm³/mol. The Bertz CT molecular complexity index is 551. The number of carbonyl (C=O) groups is 1. The highest BCUT2D eigenvalue weighted by molar-refractivity contribution is 7.80. The third kappa shape index (κ3) is 3.86. The van der Waals surface area contributed by atoms with Crippen LogP contribution in [0.5, 0.6) is 0 Å². The highest BCUT2D eigenvalue weighted by Crippen LogP contribution is 2.24. The Labute approximate surface area is 139 Å². The van der Waals surface area contributed by atoms with Gasteiger partial charge in [-0.1, -0.05) is 35.4 Å². The quantitative estimate of drug-likeness (QED) is 0.826. The minimum Gasteiger partial charge on any atom is -0.391 e. The van der Waals surface area contributed by atoms with Gasteiger partial charge in [-0.25, -0.2) is 0 Å². The van der Waals surface area contributed by atoms with E-state index in [1.165, 1.54) is 0 Å². The number of halogens is 2. The summed E-state index contributed by atoms with van der Waals surface area (Å²) in [5, 5.41) is 3.81. The Hall–Kier alpha value is -0.880. The summed E-state index contributed by atoms with van der Waals surface area (Å²) in [5.74, 6) is -0.267. The van der Waals surface area contributed by atoms with Gasteiger partial charge in [-0.05, 0) is 38.1 Å². The lowest BCUT2D eigenvalue weighted by atomic mass is 9.87. The van der Waals surface area contributed by atoms with Gasteiger partial charge in [0.15, 0.2) is 0 Å². The molecular weight excluding hydrogens is 329 g/mol. The molecule has 1 aromatic carbocycles. The number of thiocarbonyl (C=S) groups is 1. The molecule has 2 rings (SSSR count). The van der Waals surface area contributed by atoms with Crippen LogP contribution in [0.2, 0.25) is 10.0 Å². The molecule has 1 fully saturated rings. The molecule has 0 atom stereocenters. The van der Waals surface area contributed by atoms with E-state index < -0.39 is 5.54 Å². The Balaban J connectivity index is 2.21. The second-order valence-electron chi connectivity index (χ2n) is 5.36. The van der Waals surface area contributed by atoms with Crippen molar-refractivity contribution < 1.29 is 4.79 Å². The fraction of sp³-hybridized carbons (Fsp3) is 0.429. The molecule has 114 valence electrons. The Morgan fingerprint density at radius 3 is 2.29 bits per heavy atom. The first kappa shape index (κ1) is 16.5. The number of benzene rings is 1. The van der Waals surface area contributed by atoms with Crippen molar-refractivity contribution in [1.82, 2.24) is 10.2 Å². The summed E-state index contributed by atoms with van der Waals surface area (Å²) < 4.78 is 0. The van der Waals surface area contributed by atoms with Gasteiger partial charge < -0.3 is 16.0 Å². The van der Waals surface area contributed by atoms with Crippen molar-refractivity contribution in [2.45, 2.75) is 18.4 Å². The normalized spacial score (nSPS) is 18.2. The summed E-state index contributed by atoms with van der Waals surface area (Å²) in [5.41, 5.74) is 5.64. The average molecular weight is 346 g/mol. The lowest BCUT2D eigenvalue weighted by Crippen LogP contribution is -2.61. The summed E-state index contributed by atoms with van der Waals surface area (Å²) >= 11 is 17.0. The Morgan fingerprint density at radius 1 is 1.29 bits per heavy atom. The van der Waals surface area contributed by atoms with Crippen molar-refractivity contribution in [3.63, 3.8) is 0 Å². The molecule has 0 spiro atoms. The fourth-order valence-corrected chi connectivity index (χ4v) is 3.19. The highest BCUT2D eigenvalue weighted by atomic mass is 35.5. The maximum absolute atomic E-state index is 12.5. The molecule has 1 aromatic rings. The molecule has 1 aliphatic heterocycles. The number of hydrogen-bond acceptors (Lipinski definition) is 3. The van der Waals surface area contributed by atoms with E-state index in [0.717, 1.165) is 13.1 Å². The molecule has 0 radical (unpaired) electrons. The highest BCUT2D eigenvalue weighted by Gasteiger charge is 2.38. The molecule has 0 saturated carbocycles. The number of likely N-dealkylation sites (tertiary alicyclic amines) is 1. The second kappa shape index (κ2) is 6.48. The van der Waals surface area contributed by atoms with Gasteiger partial charge in [0.1, 0.15) is 0 Å². The first-order valence-corrected chi connectivity index (χ1v) is 7.76. The molecule has 0 bridgehead atoms. The molecule has 0 aliphatic carbocycles. The van der Waals surface area contributed by atoms with E-state index in [1.54, 1.807) is 18.2 Å². The molecule has 1 saturated heterocycles. The van der Waals surface area contributed by atoms with Crippen molar-refractivity contribution >= 4 is 46.3 Å².